The van der Waals surface area contributed by atoms with Crippen LogP contribution in [0.4, 0.5) is 30.4 Å². The molecule has 0 radical (unpaired) electrons. The number of nitrogens with one attached hydrogen (secondary N) is 1. The molecule has 3 aromatic rings. The molecule has 0 saturated carbocycles. The summed E-state index contributed by atoms with van der Waals surface area (Å²) in [6.07, 6.45) is -3.60. The number of hydrogen-bond donors (Lipinski definition) is 3. The van der Waals surface area contributed by atoms with E-state index in [1.165, 1.54) is 0 Å². The summed E-state index contributed by atoms with van der Waals surface area (Å²) in [7, 11) is 1.58. The van der Waals surface area contributed by atoms with Gasteiger partial charge in [0.05, 0.1) is 23.8 Å². The number of rotatable bonds is 5. The van der Waals surface area contributed by atoms with Crippen molar-refractivity contribution < 1.29 is 17.9 Å². The van der Waals surface area contributed by atoms with Gasteiger partial charge in [-0.15, -0.1) is 0 Å². The second-order valence-corrected chi connectivity index (χ2v) is 7.77. The summed E-state index contributed by atoms with van der Waals surface area (Å²) >= 11 is 0. The van der Waals surface area contributed by atoms with E-state index in [0.29, 0.717) is 23.1 Å². The first kappa shape index (κ1) is 21.9. The summed E-state index contributed by atoms with van der Waals surface area (Å²) in [5.41, 5.74) is 11.7. The standard InChI is InChI=1S/C22H25F3N6O/c1-3-28-13-6-7-31(11-13)21-15-10-14(32-2)4-5-18(15)29-20(30-21)19-16(26)8-12(9-17(19)27)22(23,24)25/h4-5,8-10,13,28H,3,6-7,11,26-27H2,1-2H3/t13-/m0/s1. The Morgan fingerprint density at radius 2 is 1.88 bits per heavy atom. The SMILES string of the molecule is CCN[C@H]1CCN(c2nc(-c3c(N)cc(C(F)(F)F)cc3N)nc3ccc(OC)cc23)C1. The largest absolute Gasteiger partial charge is 0.497 e. The molecule has 32 heavy (non-hydrogen) atoms. The van der Waals surface area contributed by atoms with E-state index in [1.807, 2.05) is 6.07 Å². The first-order valence-corrected chi connectivity index (χ1v) is 10.3. The van der Waals surface area contributed by atoms with E-state index in [2.05, 4.69) is 22.1 Å². The van der Waals surface area contributed by atoms with Gasteiger partial charge < -0.3 is 26.4 Å². The fourth-order valence-electron chi connectivity index (χ4n) is 4.09. The molecule has 4 rings (SSSR count). The first-order valence-electron chi connectivity index (χ1n) is 10.3. The van der Waals surface area contributed by atoms with Crippen LogP contribution in [0.2, 0.25) is 0 Å². The lowest BCUT2D eigenvalue weighted by molar-refractivity contribution is -0.137. The third kappa shape index (κ3) is 4.10. The number of benzene rings is 2. The highest BCUT2D eigenvalue weighted by molar-refractivity contribution is 5.94. The summed E-state index contributed by atoms with van der Waals surface area (Å²) in [5, 5.41) is 4.23. The van der Waals surface area contributed by atoms with Crippen LogP contribution in [0.15, 0.2) is 30.3 Å². The molecular formula is C22H25F3N6O. The van der Waals surface area contributed by atoms with E-state index in [1.54, 1.807) is 19.2 Å². The molecule has 1 fully saturated rings. The summed E-state index contributed by atoms with van der Waals surface area (Å²) < 4.78 is 44.9. The molecule has 1 aromatic heterocycles. The predicted octanol–water partition coefficient (Wildman–Crippen LogP) is 3.68. The molecule has 1 atom stereocenters. The summed E-state index contributed by atoms with van der Waals surface area (Å²) in [4.78, 5) is 11.4. The zero-order chi connectivity index (χ0) is 23.0. The molecule has 0 bridgehead atoms. The van der Waals surface area contributed by atoms with Crippen molar-refractivity contribution in [2.24, 2.45) is 0 Å². The molecule has 2 aromatic carbocycles. The second-order valence-electron chi connectivity index (χ2n) is 7.77. The molecule has 1 aliphatic heterocycles. The summed E-state index contributed by atoms with van der Waals surface area (Å²) in [6.45, 7) is 4.44. The lowest BCUT2D eigenvalue weighted by Gasteiger charge is -2.21. The van der Waals surface area contributed by atoms with Crippen molar-refractivity contribution in [2.45, 2.75) is 25.6 Å². The Hall–Kier alpha value is -3.27. The number of aromatic nitrogens is 2. The summed E-state index contributed by atoms with van der Waals surface area (Å²) in [6, 6.07) is 7.47. The molecule has 2 heterocycles. The Bertz CT molecular complexity index is 1130. The number of methoxy groups -OCH3 is 1. The maximum absolute atomic E-state index is 13.2. The Morgan fingerprint density at radius 3 is 2.50 bits per heavy atom. The minimum Gasteiger partial charge on any atom is -0.497 e. The average Bonchev–Trinajstić information content (AvgIpc) is 3.20. The van der Waals surface area contributed by atoms with Crippen LogP contribution in [0.3, 0.4) is 0 Å². The van der Waals surface area contributed by atoms with Crippen LogP contribution < -0.4 is 26.4 Å². The van der Waals surface area contributed by atoms with Gasteiger partial charge in [0, 0.05) is 35.9 Å². The number of halogens is 3. The van der Waals surface area contributed by atoms with Gasteiger partial charge in [-0.2, -0.15) is 13.2 Å². The van der Waals surface area contributed by atoms with Gasteiger partial charge in [-0.05, 0) is 43.3 Å². The van der Waals surface area contributed by atoms with Crippen LogP contribution in [0.1, 0.15) is 18.9 Å². The van der Waals surface area contributed by atoms with E-state index in [0.717, 1.165) is 43.6 Å². The van der Waals surface area contributed by atoms with Gasteiger partial charge in [-0.1, -0.05) is 6.92 Å². The van der Waals surface area contributed by atoms with Crippen molar-refractivity contribution in [1.29, 1.82) is 0 Å². The number of hydrogen-bond acceptors (Lipinski definition) is 7. The van der Waals surface area contributed by atoms with Gasteiger partial charge in [0.25, 0.3) is 0 Å². The predicted molar refractivity (Wildman–Crippen MR) is 120 cm³/mol. The third-order valence-corrected chi connectivity index (χ3v) is 5.61. The number of alkyl halides is 3. The quantitative estimate of drug-likeness (QED) is 0.514. The molecule has 1 aliphatic rings. The molecule has 170 valence electrons. The maximum atomic E-state index is 13.2. The van der Waals surface area contributed by atoms with Crippen molar-refractivity contribution in [3.05, 3.63) is 35.9 Å². The van der Waals surface area contributed by atoms with Crippen molar-refractivity contribution >= 4 is 28.1 Å². The normalized spacial score (nSPS) is 16.7. The molecule has 0 amide bonds. The number of fused-ring (bicyclic) bond motifs is 1. The monoisotopic (exact) mass is 446 g/mol. The minimum absolute atomic E-state index is 0.122. The molecule has 0 spiro atoms. The van der Waals surface area contributed by atoms with E-state index >= 15 is 0 Å². The number of anilines is 3. The van der Waals surface area contributed by atoms with E-state index in [4.69, 9.17) is 21.2 Å². The van der Waals surface area contributed by atoms with Crippen LogP contribution in [-0.2, 0) is 6.18 Å². The molecule has 10 heteroatoms. The highest BCUT2D eigenvalue weighted by Gasteiger charge is 2.32. The van der Waals surface area contributed by atoms with Gasteiger partial charge >= 0.3 is 6.18 Å². The van der Waals surface area contributed by atoms with Gasteiger partial charge in [0.15, 0.2) is 5.82 Å². The number of likely N-dealkylation sites (N-methyl/N-ethyl adjacent to an activating group) is 1. The lowest BCUT2D eigenvalue weighted by atomic mass is 10.0. The minimum atomic E-state index is -4.55. The summed E-state index contributed by atoms with van der Waals surface area (Å²) in [5.74, 6) is 1.52. The zero-order valence-electron chi connectivity index (χ0n) is 17.8. The van der Waals surface area contributed by atoms with Gasteiger partial charge in [-0.3, -0.25) is 0 Å². The molecule has 5 N–H and O–H groups in total. The molecule has 0 aliphatic carbocycles. The Balaban J connectivity index is 1.87. The topological polar surface area (TPSA) is 102 Å². The zero-order valence-corrected chi connectivity index (χ0v) is 17.8. The van der Waals surface area contributed by atoms with Gasteiger partial charge in [0.1, 0.15) is 11.6 Å². The Kier molecular flexibility index (Phi) is 5.72. The van der Waals surface area contributed by atoms with E-state index in [-0.39, 0.29) is 22.8 Å². The average molecular weight is 446 g/mol. The van der Waals surface area contributed by atoms with Crippen LogP contribution in [0.25, 0.3) is 22.3 Å². The Labute approximate surface area is 183 Å². The lowest BCUT2D eigenvalue weighted by Crippen LogP contribution is -2.32. The highest BCUT2D eigenvalue weighted by Crippen LogP contribution is 2.39. The first-order chi connectivity index (χ1) is 15.2. The maximum Gasteiger partial charge on any atom is 0.416 e. The highest BCUT2D eigenvalue weighted by atomic mass is 19.4. The second kappa shape index (κ2) is 8.34. The van der Waals surface area contributed by atoms with Crippen molar-refractivity contribution in [2.75, 3.05) is 43.1 Å². The smallest absolute Gasteiger partial charge is 0.416 e. The van der Waals surface area contributed by atoms with E-state index < -0.39 is 11.7 Å². The number of nitrogens with two attached hydrogens (primary N) is 2. The van der Waals surface area contributed by atoms with Crippen LogP contribution in [0.5, 0.6) is 5.75 Å². The van der Waals surface area contributed by atoms with Gasteiger partial charge in [0.2, 0.25) is 0 Å². The fourth-order valence-corrected chi connectivity index (χ4v) is 4.09. The molecular weight excluding hydrogens is 421 g/mol. The number of nitrogen functional groups attached to an aromatic ring is 2. The van der Waals surface area contributed by atoms with Crippen molar-refractivity contribution in [1.82, 2.24) is 15.3 Å². The van der Waals surface area contributed by atoms with Crippen molar-refractivity contribution in [3.63, 3.8) is 0 Å². The molecule has 7 nitrogen and oxygen atoms in total. The van der Waals surface area contributed by atoms with Gasteiger partial charge in [-0.25, -0.2) is 9.97 Å². The molecule has 1 saturated heterocycles. The fraction of sp³-hybridized carbons (Fsp3) is 0.364. The van der Waals surface area contributed by atoms with Crippen LogP contribution >= 0.6 is 0 Å². The van der Waals surface area contributed by atoms with Crippen LogP contribution in [0, 0.1) is 0 Å². The number of ether oxygens (including phenoxy) is 1. The van der Waals surface area contributed by atoms with Crippen molar-refractivity contribution in [3.8, 4) is 17.1 Å². The number of nitrogens with zero attached hydrogens (tertiary/aromatic N) is 3. The van der Waals surface area contributed by atoms with Crippen LogP contribution in [-0.4, -0.2) is 42.8 Å². The van der Waals surface area contributed by atoms with E-state index in [9.17, 15) is 13.2 Å². The Morgan fingerprint density at radius 1 is 1.16 bits per heavy atom. The third-order valence-electron chi connectivity index (χ3n) is 5.61. The molecule has 0 unspecified atom stereocenters.